The fourth-order valence-electron chi connectivity index (χ4n) is 1.52. The number of hydrogen-bond donors (Lipinski definition) is 1. The van der Waals surface area contributed by atoms with Gasteiger partial charge in [-0.15, -0.1) is 0 Å². The van der Waals surface area contributed by atoms with E-state index in [9.17, 15) is 0 Å². The number of ether oxygens (including phenoxy) is 2. The van der Waals surface area contributed by atoms with Crippen LogP contribution < -0.4 is 15.2 Å². The molecule has 0 radical (unpaired) electrons. The lowest BCUT2D eigenvalue weighted by Gasteiger charge is -2.10. The number of rotatable bonds is 3. The van der Waals surface area contributed by atoms with Crippen molar-refractivity contribution >= 4 is 5.69 Å². The number of methoxy groups -OCH3 is 1. The van der Waals surface area contributed by atoms with Gasteiger partial charge in [-0.05, 0) is 43.2 Å². The number of benzene rings is 1. The molecule has 0 aliphatic carbocycles. The van der Waals surface area contributed by atoms with Crippen LogP contribution in [0.25, 0.3) is 0 Å². The average molecular weight is 244 g/mol. The van der Waals surface area contributed by atoms with Gasteiger partial charge in [0.25, 0.3) is 0 Å². The molecule has 0 amide bonds. The molecule has 0 atom stereocenters. The van der Waals surface area contributed by atoms with Gasteiger partial charge in [-0.1, -0.05) is 6.07 Å². The lowest BCUT2D eigenvalue weighted by atomic mass is 10.1. The highest BCUT2D eigenvalue weighted by Gasteiger charge is 2.06. The minimum absolute atomic E-state index is 0.359. The van der Waals surface area contributed by atoms with Crippen LogP contribution in [0.5, 0.6) is 17.5 Å². The van der Waals surface area contributed by atoms with Crippen molar-refractivity contribution in [3.8, 4) is 17.5 Å². The summed E-state index contributed by atoms with van der Waals surface area (Å²) in [5.41, 5.74) is 8.68. The maximum absolute atomic E-state index is 5.82. The van der Waals surface area contributed by atoms with Gasteiger partial charge in [-0.2, -0.15) is 4.98 Å². The molecule has 2 aromatic rings. The second kappa shape index (κ2) is 4.96. The van der Waals surface area contributed by atoms with Crippen LogP contribution in [0.3, 0.4) is 0 Å². The highest BCUT2D eigenvalue weighted by Crippen LogP contribution is 2.28. The first kappa shape index (κ1) is 12.2. The molecule has 2 N–H and O–H groups in total. The number of nitrogens with zero attached hydrogens (tertiary/aromatic N) is 1. The molecule has 0 aliphatic heterocycles. The highest BCUT2D eigenvalue weighted by molar-refractivity contribution is 5.51. The van der Waals surface area contributed by atoms with Crippen molar-refractivity contribution in [1.82, 2.24) is 4.98 Å². The normalized spacial score (nSPS) is 10.2. The van der Waals surface area contributed by atoms with Gasteiger partial charge in [0.15, 0.2) is 0 Å². The van der Waals surface area contributed by atoms with Crippen LogP contribution in [0.15, 0.2) is 30.3 Å². The van der Waals surface area contributed by atoms with Crippen LogP contribution in [0.1, 0.15) is 11.1 Å². The minimum Gasteiger partial charge on any atom is -0.481 e. The number of nitrogen functional groups attached to an aromatic ring is 1. The fraction of sp³-hybridized carbons (Fsp3) is 0.214. The quantitative estimate of drug-likeness (QED) is 0.901. The average Bonchev–Trinajstić information content (AvgIpc) is 2.36. The van der Waals surface area contributed by atoms with Crippen molar-refractivity contribution in [3.05, 3.63) is 41.5 Å². The van der Waals surface area contributed by atoms with Gasteiger partial charge in [-0.25, -0.2) is 0 Å². The predicted octanol–water partition coefficient (Wildman–Crippen LogP) is 3.08. The number of aromatic nitrogens is 1. The van der Waals surface area contributed by atoms with E-state index in [1.54, 1.807) is 19.2 Å². The Labute approximate surface area is 106 Å². The van der Waals surface area contributed by atoms with Crippen LogP contribution in [-0.2, 0) is 0 Å². The smallest absolute Gasteiger partial charge is 0.246 e. The predicted molar refractivity (Wildman–Crippen MR) is 71.2 cm³/mol. The summed E-state index contributed by atoms with van der Waals surface area (Å²) in [4.78, 5) is 4.17. The zero-order valence-electron chi connectivity index (χ0n) is 10.7. The molecule has 0 unspecified atom stereocenters. The Kier molecular flexibility index (Phi) is 3.37. The Morgan fingerprint density at radius 3 is 2.50 bits per heavy atom. The third-order valence-electron chi connectivity index (χ3n) is 2.77. The minimum atomic E-state index is 0.359. The molecule has 0 aliphatic rings. The fourth-order valence-corrected chi connectivity index (χ4v) is 1.52. The summed E-state index contributed by atoms with van der Waals surface area (Å²) in [5, 5.41) is 0. The maximum Gasteiger partial charge on any atom is 0.246 e. The lowest BCUT2D eigenvalue weighted by Crippen LogP contribution is -1.97. The molecule has 4 nitrogen and oxygen atoms in total. The molecule has 4 heteroatoms. The molecule has 0 fully saturated rings. The standard InChI is InChI=1S/C14H16N2O2/c1-9-4-5-11(8-10(9)2)18-14-12(15)6-7-13(16-14)17-3/h4-8H,15H2,1-3H3. The SMILES string of the molecule is COc1ccc(N)c(Oc2ccc(C)c(C)c2)n1. The first-order chi connectivity index (χ1) is 8.60. The molecule has 0 spiro atoms. The molecule has 2 rings (SSSR count). The number of nitrogens with two attached hydrogens (primary N) is 1. The maximum atomic E-state index is 5.82. The summed E-state index contributed by atoms with van der Waals surface area (Å²) < 4.78 is 10.7. The van der Waals surface area contributed by atoms with E-state index in [4.69, 9.17) is 15.2 Å². The van der Waals surface area contributed by atoms with Crippen molar-refractivity contribution in [1.29, 1.82) is 0 Å². The van der Waals surface area contributed by atoms with Gasteiger partial charge in [0.2, 0.25) is 11.8 Å². The van der Waals surface area contributed by atoms with E-state index in [1.807, 2.05) is 25.1 Å². The van der Waals surface area contributed by atoms with Crippen LogP contribution in [0, 0.1) is 13.8 Å². The number of hydrogen-bond acceptors (Lipinski definition) is 4. The van der Waals surface area contributed by atoms with Gasteiger partial charge < -0.3 is 15.2 Å². The first-order valence-corrected chi connectivity index (χ1v) is 5.66. The van der Waals surface area contributed by atoms with E-state index in [2.05, 4.69) is 11.9 Å². The molecule has 0 saturated carbocycles. The Hall–Kier alpha value is -2.23. The van der Waals surface area contributed by atoms with Crippen LogP contribution in [0.4, 0.5) is 5.69 Å². The number of pyridine rings is 1. The zero-order chi connectivity index (χ0) is 13.1. The van der Waals surface area contributed by atoms with E-state index in [1.165, 1.54) is 5.56 Å². The van der Waals surface area contributed by atoms with E-state index in [0.29, 0.717) is 23.2 Å². The summed E-state index contributed by atoms with van der Waals surface area (Å²) in [7, 11) is 1.55. The van der Waals surface area contributed by atoms with E-state index >= 15 is 0 Å². The van der Waals surface area contributed by atoms with Crippen LogP contribution >= 0.6 is 0 Å². The van der Waals surface area contributed by atoms with Gasteiger partial charge in [0, 0.05) is 6.07 Å². The summed E-state index contributed by atoms with van der Waals surface area (Å²) in [6, 6.07) is 9.25. The third kappa shape index (κ3) is 2.53. The largest absolute Gasteiger partial charge is 0.481 e. The van der Waals surface area contributed by atoms with Crippen LogP contribution in [-0.4, -0.2) is 12.1 Å². The van der Waals surface area contributed by atoms with Crippen molar-refractivity contribution < 1.29 is 9.47 Å². The summed E-state index contributed by atoms with van der Waals surface area (Å²) >= 11 is 0. The molecule has 0 bridgehead atoms. The molecular weight excluding hydrogens is 228 g/mol. The Bertz CT molecular complexity index is 568. The lowest BCUT2D eigenvalue weighted by molar-refractivity contribution is 0.384. The van der Waals surface area contributed by atoms with Gasteiger partial charge >= 0.3 is 0 Å². The number of aryl methyl sites for hydroxylation is 2. The van der Waals surface area contributed by atoms with E-state index in [-0.39, 0.29) is 0 Å². The van der Waals surface area contributed by atoms with Crippen molar-refractivity contribution in [2.24, 2.45) is 0 Å². The second-order valence-corrected chi connectivity index (χ2v) is 4.10. The first-order valence-electron chi connectivity index (χ1n) is 5.66. The highest BCUT2D eigenvalue weighted by atomic mass is 16.5. The molecule has 1 heterocycles. The number of anilines is 1. The van der Waals surface area contributed by atoms with Gasteiger partial charge in [0.05, 0.1) is 12.8 Å². The molecule has 1 aromatic carbocycles. The van der Waals surface area contributed by atoms with Gasteiger partial charge in [0.1, 0.15) is 5.75 Å². The van der Waals surface area contributed by atoms with Crippen LogP contribution in [0.2, 0.25) is 0 Å². The molecular formula is C14H16N2O2. The van der Waals surface area contributed by atoms with E-state index in [0.717, 1.165) is 5.56 Å². The van der Waals surface area contributed by atoms with Crippen molar-refractivity contribution in [2.45, 2.75) is 13.8 Å². The van der Waals surface area contributed by atoms with Crippen molar-refractivity contribution in [3.63, 3.8) is 0 Å². The Morgan fingerprint density at radius 1 is 1.06 bits per heavy atom. The summed E-state index contributed by atoms with van der Waals surface area (Å²) in [5.74, 6) is 1.55. The second-order valence-electron chi connectivity index (χ2n) is 4.10. The summed E-state index contributed by atoms with van der Waals surface area (Å²) in [6.45, 7) is 4.09. The van der Waals surface area contributed by atoms with Gasteiger partial charge in [-0.3, -0.25) is 0 Å². The Morgan fingerprint density at radius 2 is 1.83 bits per heavy atom. The van der Waals surface area contributed by atoms with E-state index < -0.39 is 0 Å². The zero-order valence-corrected chi connectivity index (χ0v) is 10.7. The monoisotopic (exact) mass is 244 g/mol. The van der Waals surface area contributed by atoms with Crippen molar-refractivity contribution in [2.75, 3.05) is 12.8 Å². The molecule has 1 aromatic heterocycles. The third-order valence-corrected chi connectivity index (χ3v) is 2.77. The topological polar surface area (TPSA) is 57.4 Å². The summed E-state index contributed by atoms with van der Waals surface area (Å²) in [6.07, 6.45) is 0. The molecule has 0 saturated heterocycles. The molecule has 94 valence electrons. The Balaban J connectivity index is 2.30. The molecule has 18 heavy (non-hydrogen) atoms.